The van der Waals surface area contributed by atoms with Crippen LogP contribution in [0, 0.1) is 0 Å². The summed E-state index contributed by atoms with van der Waals surface area (Å²) in [6.45, 7) is 1.56. The molecule has 1 heterocycles. The van der Waals surface area contributed by atoms with Crippen LogP contribution in [0.2, 0.25) is 0 Å². The molecule has 2 aromatic carbocycles. The van der Waals surface area contributed by atoms with Crippen LogP contribution >= 0.6 is 0 Å². The van der Waals surface area contributed by atoms with E-state index < -0.39 is 17.6 Å². The number of benzene rings is 2. The topological polar surface area (TPSA) is 82.5 Å². The Labute approximate surface area is 132 Å². The molecule has 5 nitrogen and oxygen atoms in total. The number of nitrogens with two attached hydrogens (primary N) is 1. The Balaban J connectivity index is 2.11. The smallest absolute Gasteiger partial charge is 0.336 e. The van der Waals surface area contributed by atoms with Gasteiger partial charge in [0.25, 0.3) is 5.91 Å². The van der Waals surface area contributed by atoms with Crippen molar-refractivity contribution in [3.05, 3.63) is 65.0 Å². The van der Waals surface area contributed by atoms with Crippen molar-refractivity contribution in [2.75, 3.05) is 0 Å². The molecule has 2 N–H and O–H groups in total. The Morgan fingerprint density at radius 3 is 2.57 bits per heavy atom. The molecule has 0 aliphatic carbocycles. The third-order valence-electron chi connectivity index (χ3n) is 3.51. The van der Waals surface area contributed by atoms with Gasteiger partial charge in [0.15, 0.2) is 6.10 Å². The second-order valence-electron chi connectivity index (χ2n) is 5.17. The first-order chi connectivity index (χ1) is 11.0. The number of carbonyl (C=O) groups excluding carboxylic acids is 1. The second-order valence-corrected chi connectivity index (χ2v) is 5.17. The normalized spacial score (nSPS) is 12.0. The second kappa shape index (κ2) is 5.96. The van der Waals surface area contributed by atoms with Gasteiger partial charge in [-0.05, 0) is 30.2 Å². The lowest BCUT2D eigenvalue weighted by Crippen LogP contribution is -2.30. The first-order valence-corrected chi connectivity index (χ1v) is 7.14. The summed E-state index contributed by atoms with van der Waals surface area (Å²) < 4.78 is 10.7. The van der Waals surface area contributed by atoms with E-state index in [-0.39, 0.29) is 0 Å². The van der Waals surface area contributed by atoms with Gasteiger partial charge < -0.3 is 14.9 Å². The molecule has 0 saturated heterocycles. The Kier molecular flexibility index (Phi) is 3.85. The molecule has 0 fully saturated rings. The van der Waals surface area contributed by atoms with Gasteiger partial charge in [-0.1, -0.05) is 30.3 Å². The van der Waals surface area contributed by atoms with Gasteiger partial charge in [-0.2, -0.15) is 0 Å². The number of rotatable bonds is 4. The van der Waals surface area contributed by atoms with E-state index in [0.29, 0.717) is 11.3 Å². The molecule has 1 atom stereocenters. The first-order valence-electron chi connectivity index (χ1n) is 7.14. The Morgan fingerprint density at radius 2 is 1.87 bits per heavy atom. The van der Waals surface area contributed by atoms with E-state index in [0.717, 1.165) is 16.5 Å². The van der Waals surface area contributed by atoms with Crippen LogP contribution < -0.4 is 16.1 Å². The van der Waals surface area contributed by atoms with Crippen molar-refractivity contribution >= 4 is 16.9 Å². The van der Waals surface area contributed by atoms with Crippen molar-refractivity contribution in [2.45, 2.75) is 13.0 Å². The molecule has 3 rings (SSSR count). The summed E-state index contributed by atoms with van der Waals surface area (Å²) >= 11 is 0. The molecule has 0 radical (unpaired) electrons. The molecule has 5 heteroatoms. The number of carbonyl (C=O) groups is 1. The molecule has 3 aromatic rings. The van der Waals surface area contributed by atoms with E-state index in [9.17, 15) is 9.59 Å². The summed E-state index contributed by atoms with van der Waals surface area (Å²) in [6, 6.07) is 16.1. The van der Waals surface area contributed by atoms with Crippen molar-refractivity contribution in [3.63, 3.8) is 0 Å². The van der Waals surface area contributed by atoms with Crippen molar-refractivity contribution in [2.24, 2.45) is 5.73 Å². The van der Waals surface area contributed by atoms with Crippen LogP contribution in [0.1, 0.15) is 6.92 Å². The number of primary amides is 1. The maximum Gasteiger partial charge on any atom is 0.336 e. The Bertz CT molecular complexity index is 915. The van der Waals surface area contributed by atoms with Crippen LogP contribution in [0.5, 0.6) is 5.75 Å². The van der Waals surface area contributed by atoms with Gasteiger partial charge in [-0.25, -0.2) is 4.79 Å². The zero-order chi connectivity index (χ0) is 16.4. The molecule has 0 aliphatic heterocycles. The lowest BCUT2D eigenvalue weighted by Gasteiger charge is -2.12. The van der Waals surface area contributed by atoms with E-state index >= 15 is 0 Å². The summed E-state index contributed by atoms with van der Waals surface area (Å²) in [5.74, 6) is -0.151. The fraction of sp³-hybridized carbons (Fsp3) is 0.111. The minimum Gasteiger partial charge on any atom is -0.481 e. The number of fused-ring (bicyclic) bond motifs is 1. The highest BCUT2D eigenvalue weighted by atomic mass is 16.5. The number of hydrogen-bond acceptors (Lipinski definition) is 4. The summed E-state index contributed by atoms with van der Waals surface area (Å²) in [6.07, 6.45) is -0.767. The van der Waals surface area contributed by atoms with E-state index in [1.165, 1.54) is 6.07 Å². The average molecular weight is 309 g/mol. The lowest BCUT2D eigenvalue weighted by atomic mass is 10.0. The molecule has 0 spiro atoms. The minimum atomic E-state index is -0.767. The third-order valence-corrected chi connectivity index (χ3v) is 3.51. The fourth-order valence-electron chi connectivity index (χ4n) is 2.34. The standard InChI is InChI=1S/C18H15NO4/c1-11(18(19)21)22-13-7-8-14-15(12-5-3-2-4-6-12)10-17(20)23-16(14)9-13/h2-11H,1H3,(H2,19,21). The average Bonchev–Trinajstić information content (AvgIpc) is 2.54. The van der Waals surface area contributed by atoms with Gasteiger partial charge in [-0.3, -0.25) is 4.79 Å². The number of hydrogen-bond donors (Lipinski definition) is 1. The maximum atomic E-state index is 11.8. The SMILES string of the molecule is CC(Oc1ccc2c(-c3ccccc3)cc(=O)oc2c1)C(N)=O. The molecule has 0 aliphatic rings. The molecular weight excluding hydrogens is 294 g/mol. The van der Waals surface area contributed by atoms with Crippen LogP contribution in [-0.4, -0.2) is 12.0 Å². The van der Waals surface area contributed by atoms with Crippen molar-refractivity contribution in [3.8, 4) is 16.9 Å². The molecule has 0 bridgehead atoms. The van der Waals surface area contributed by atoms with E-state index in [1.807, 2.05) is 30.3 Å². The molecule has 1 aromatic heterocycles. The highest BCUT2D eigenvalue weighted by molar-refractivity contribution is 5.93. The zero-order valence-electron chi connectivity index (χ0n) is 12.5. The third kappa shape index (κ3) is 3.08. The number of amides is 1. The van der Waals surface area contributed by atoms with Gasteiger partial charge in [0, 0.05) is 17.5 Å². The van der Waals surface area contributed by atoms with Gasteiger partial charge in [0.05, 0.1) is 0 Å². The molecule has 116 valence electrons. The van der Waals surface area contributed by atoms with E-state index in [4.69, 9.17) is 14.9 Å². The fourth-order valence-corrected chi connectivity index (χ4v) is 2.34. The lowest BCUT2D eigenvalue weighted by molar-refractivity contribution is -0.123. The van der Waals surface area contributed by atoms with Gasteiger partial charge in [-0.15, -0.1) is 0 Å². The molecule has 0 saturated carbocycles. The zero-order valence-corrected chi connectivity index (χ0v) is 12.5. The van der Waals surface area contributed by atoms with Gasteiger partial charge in [0.2, 0.25) is 0 Å². The van der Waals surface area contributed by atoms with Crippen LogP contribution in [0.4, 0.5) is 0 Å². The van der Waals surface area contributed by atoms with Crippen molar-refractivity contribution < 1.29 is 13.9 Å². The number of ether oxygens (including phenoxy) is 1. The monoisotopic (exact) mass is 309 g/mol. The van der Waals surface area contributed by atoms with Crippen LogP contribution in [-0.2, 0) is 4.79 Å². The molecular formula is C18H15NO4. The van der Waals surface area contributed by atoms with E-state index in [2.05, 4.69) is 0 Å². The van der Waals surface area contributed by atoms with Crippen LogP contribution in [0.15, 0.2) is 63.8 Å². The highest BCUT2D eigenvalue weighted by Gasteiger charge is 2.13. The Morgan fingerprint density at radius 1 is 1.13 bits per heavy atom. The molecule has 1 unspecified atom stereocenters. The van der Waals surface area contributed by atoms with Crippen molar-refractivity contribution in [1.29, 1.82) is 0 Å². The molecule has 1 amide bonds. The first kappa shape index (κ1) is 14.8. The van der Waals surface area contributed by atoms with E-state index in [1.54, 1.807) is 25.1 Å². The summed E-state index contributed by atoms with van der Waals surface area (Å²) in [5.41, 5.74) is 6.83. The van der Waals surface area contributed by atoms with Gasteiger partial charge >= 0.3 is 5.63 Å². The summed E-state index contributed by atoms with van der Waals surface area (Å²) in [5, 5.41) is 0.787. The van der Waals surface area contributed by atoms with Crippen molar-refractivity contribution in [1.82, 2.24) is 0 Å². The quantitative estimate of drug-likeness (QED) is 0.751. The molecule has 23 heavy (non-hydrogen) atoms. The Hall–Kier alpha value is -3.08. The summed E-state index contributed by atoms with van der Waals surface area (Å²) in [7, 11) is 0. The maximum absolute atomic E-state index is 11.8. The van der Waals surface area contributed by atoms with Crippen LogP contribution in [0.3, 0.4) is 0 Å². The predicted octanol–water partition coefficient (Wildman–Crippen LogP) is 2.71. The van der Waals surface area contributed by atoms with Crippen LogP contribution in [0.25, 0.3) is 22.1 Å². The summed E-state index contributed by atoms with van der Waals surface area (Å²) in [4.78, 5) is 22.9. The highest BCUT2D eigenvalue weighted by Crippen LogP contribution is 2.29. The minimum absolute atomic E-state index is 0.394. The van der Waals surface area contributed by atoms with Gasteiger partial charge in [0.1, 0.15) is 11.3 Å². The largest absolute Gasteiger partial charge is 0.481 e. The predicted molar refractivity (Wildman–Crippen MR) is 87.2 cm³/mol.